The number of fused-ring (bicyclic) bond motifs is 1. The van der Waals surface area contributed by atoms with Gasteiger partial charge < -0.3 is 10.6 Å². The highest BCUT2D eigenvalue weighted by Crippen LogP contribution is 2.24. The van der Waals surface area contributed by atoms with Crippen molar-refractivity contribution in [2.75, 3.05) is 11.9 Å². The Balaban J connectivity index is 1.56. The molecule has 2 N–H and O–H groups in total. The molecule has 24 heavy (non-hydrogen) atoms. The van der Waals surface area contributed by atoms with Crippen molar-refractivity contribution in [3.8, 4) is 0 Å². The maximum absolute atomic E-state index is 13.5. The molecule has 0 bridgehead atoms. The van der Waals surface area contributed by atoms with Gasteiger partial charge in [0.1, 0.15) is 11.6 Å². The molecule has 0 saturated carbocycles. The Hall–Kier alpha value is -2.76. The lowest BCUT2D eigenvalue weighted by Gasteiger charge is -2.09. The van der Waals surface area contributed by atoms with E-state index in [-0.39, 0.29) is 12.1 Å². The summed E-state index contributed by atoms with van der Waals surface area (Å²) < 4.78 is 26.3. The number of hydrogen-bond acceptors (Lipinski definition) is 2. The highest BCUT2D eigenvalue weighted by atomic mass is 19.1. The van der Waals surface area contributed by atoms with Gasteiger partial charge >= 0.3 is 0 Å². The second kappa shape index (κ2) is 6.78. The lowest BCUT2D eigenvalue weighted by molar-refractivity contribution is -0.115. The summed E-state index contributed by atoms with van der Waals surface area (Å²) in [5.41, 5.74) is 2.89. The summed E-state index contributed by atoms with van der Waals surface area (Å²) >= 11 is 0. The number of carbonyl (C=O) groups is 2. The first-order valence-electron chi connectivity index (χ1n) is 7.68. The molecule has 0 saturated heterocycles. The Labute approximate surface area is 137 Å². The molecule has 2 amide bonds. The topological polar surface area (TPSA) is 58.2 Å². The molecule has 1 aliphatic rings. The van der Waals surface area contributed by atoms with E-state index in [2.05, 4.69) is 10.6 Å². The monoisotopic (exact) mass is 330 g/mol. The molecule has 124 valence electrons. The zero-order chi connectivity index (χ0) is 17.1. The molecule has 1 aliphatic carbocycles. The quantitative estimate of drug-likeness (QED) is 0.906. The van der Waals surface area contributed by atoms with Crippen LogP contribution < -0.4 is 10.6 Å². The molecule has 0 spiro atoms. The number of carbonyl (C=O) groups excluding carboxylic acids is 2. The van der Waals surface area contributed by atoms with Gasteiger partial charge in [0.15, 0.2) is 0 Å². The van der Waals surface area contributed by atoms with E-state index in [0.717, 1.165) is 31.4 Å². The summed E-state index contributed by atoms with van der Waals surface area (Å²) in [6.07, 6.45) is 3.18. The van der Waals surface area contributed by atoms with Crippen molar-refractivity contribution in [1.29, 1.82) is 0 Å². The van der Waals surface area contributed by atoms with Crippen LogP contribution in [-0.2, 0) is 17.6 Å². The average Bonchev–Trinajstić information content (AvgIpc) is 3.00. The molecule has 2 aromatic carbocycles. The van der Waals surface area contributed by atoms with Crippen molar-refractivity contribution in [3.63, 3.8) is 0 Å². The Morgan fingerprint density at radius 2 is 1.79 bits per heavy atom. The molecule has 0 atom stereocenters. The molecule has 0 fully saturated rings. The number of halogens is 2. The Morgan fingerprint density at radius 1 is 1.00 bits per heavy atom. The molecule has 0 aromatic heterocycles. The van der Waals surface area contributed by atoms with Gasteiger partial charge in [-0.05, 0) is 54.7 Å². The second-order valence-electron chi connectivity index (χ2n) is 5.69. The van der Waals surface area contributed by atoms with E-state index >= 15 is 0 Å². The molecule has 0 heterocycles. The van der Waals surface area contributed by atoms with Crippen LogP contribution in [0.1, 0.15) is 27.9 Å². The van der Waals surface area contributed by atoms with Crippen LogP contribution >= 0.6 is 0 Å². The van der Waals surface area contributed by atoms with Crippen LogP contribution in [0.5, 0.6) is 0 Å². The maximum Gasteiger partial charge on any atom is 0.254 e. The molecular weight excluding hydrogens is 314 g/mol. The molecule has 0 unspecified atom stereocenters. The fraction of sp³-hybridized carbons (Fsp3) is 0.222. The van der Waals surface area contributed by atoms with E-state index in [1.165, 1.54) is 11.1 Å². The van der Waals surface area contributed by atoms with Gasteiger partial charge in [-0.1, -0.05) is 6.07 Å². The predicted molar refractivity (Wildman–Crippen MR) is 85.8 cm³/mol. The van der Waals surface area contributed by atoms with Gasteiger partial charge in [0.05, 0.1) is 12.1 Å². The Bertz CT molecular complexity index is 806. The van der Waals surface area contributed by atoms with E-state index < -0.39 is 23.4 Å². The van der Waals surface area contributed by atoms with Gasteiger partial charge in [0.25, 0.3) is 5.91 Å². The number of hydrogen-bond donors (Lipinski definition) is 2. The van der Waals surface area contributed by atoms with E-state index in [9.17, 15) is 18.4 Å². The van der Waals surface area contributed by atoms with Crippen molar-refractivity contribution in [2.24, 2.45) is 0 Å². The highest BCUT2D eigenvalue weighted by Gasteiger charge is 2.15. The average molecular weight is 330 g/mol. The first-order valence-corrected chi connectivity index (χ1v) is 7.68. The lowest BCUT2D eigenvalue weighted by atomic mass is 10.1. The van der Waals surface area contributed by atoms with Gasteiger partial charge in [-0.15, -0.1) is 0 Å². The second-order valence-corrected chi connectivity index (χ2v) is 5.69. The van der Waals surface area contributed by atoms with E-state index in [4.69, 9.17) is 0 Å². The zero-order valence-corrected chi connectivity index (χ0v) is 12.9. The minimum atomic E-state index is -0.966. The minimum absolute atomic E-state index is 0.299. The number of rotatable bonds is 4. The van der Waals surface area contributed by atoms with Gasteiger partial charge in [0, 0.05) is 11.8 Å². The number of benzene rings is 2. The van der Waals surface area contributed by atoms with Gasteiger partial charge in [-0.2, -0.15) is 0 Å². The summed E-state index contributed by atoms with van der Waals surface area (Å²) in [5.74, 6) is -2.91. The fourth-order valence-corrected chi connectivity index (χ4v) is 2.78. The molecule has 4 nitrogen and oxygen atoms in total. The third-order valence-electron chi connectivity index (χ3n) is 3.97. The van der Waals surface area contributed by atoms with E-state index in [1.807, 2.05) is 18.2 Å². The molecule has 0 radical (unpaired) electrons. The molecule has 0 aliphatic heterocycles. The standard InChI is InChI=1S/C18H16F2N2O2/c19-13-5-7-15(16(20)9-13)18(24)21-10-17(23)22-14-6-4-11-2-1-3-12(11)8-14/h4-9H,1-3,10H2,(H,21,24)(H,22,23). The van der Waals surface area contributed by atoms with Crippen molar-refractivity contribution in [3.05, 3.63) is 64.7 Å². The van der Waals surface area contributed by atoms with Crippen LogP contribution in [0.3, 0.4) is 0 Å². The predicted octanol–water partition coefficient (Wildman–Crippen LogP) is 2.82. The Kier molecular flexibility index (Phi) is 4.55. The van der Waals surface area contributed by atoms with Gasteiger partial charge in [-0.25, -0.2) is 8.78 Å². The number of amides is 2. The highest BCUT2D eigenvalue weighted by molar-refractivity contribution is 5.99. The van der Waals surface area contributed by atoms with Crippen molar-refractivity contribution < 1.29 is 18.4 Å². The Morgan fingerprint density at radius 3 is 2.58 bits per heavy atom. The summed E-state index contributed by atoms with van der Waals surface area (Å²) in [4.78, 5) is 23.7. The van der Waals surface area contributed by atoms with Crippen molar-refractivity contribution in [2.45, 2.75) is 19.3 Å². The summed E-state index contributed by atoms with van der Waals surface area (Å²) in [7, 11) is 0. The fourth-order valence-electron chi connectivity index (χ4n) is 2.78. The van der Waals surface area contributed by atoms with Crippen molar-refractivity contribution in [1.82, 2.24) is 5.32 Å². The molecular formula is C18H16F2N2O2. The molecule has 6 heteroatoms. The van der Waals surface area contributed by atoms with Crippen LogP contribution in [0.15, 0.2) is 36.4 Å². The molecule has 3 rings (SSSR count). The van der Waals surface area contributed by atoms with Gasteiger partial charge in [-0.3, -0.25) is 9.59 Å². The van der Waals surface area contributed by atoms with E-state index in [0.29, 0.717) is 11.8 Å². The molecule has 2 aromatic rings. The van der Waals surface area contributed by atoms with Crippen LogP contribution in [0.25, 0.3) is 0 Å². The number of anilines is 1. The summed E-state index contributed by atoms with van der Waals surface area (Å²) in [5, 5.41) is 5.01. The number of nitrogens with one attached hydrogen (secondary N) is 2. The summed E-state index contributed by atoms with van der Waals surface area (Å²) in [6, 6.07) is 8.40. The maximum atomic E-state index is 13.5. The largest absolute Gasteiger partial charge is 0.343 e. The van der Waals surface area contributed by atoms with Crippen LogP contribution in [0.4, 0.5) is 14.5 Å². The van der Waals surface area contributed by atoms with Gasteiger partial charge in [0.2, 0.25) is 5.91 Å². The van der Waals surface area contributed by atoms with E-state index in [1.54, 1.807) is 0 Å². The zero-order valence-electron chi connectivity index (χ0n) is 12.9. The first-order chi connectivity index (χ1) is 11.5. The normalized spacial score (nSPS) is 12.6. The van der Waals surface area contributed by atoms with Crippen molar-refractivity contribution >= 4 is 17.5 Å². The third kappa shape index (κ3) is 3.59. The minimum Gasteiger partial charge on any atom is -0.343 e. The van der Waals surface area contributed by atoms with Crippen LogP contribution in [0, 0.1) is 11.6 Å². The smallest absolute Gasteiger partial charge is 0.254 e. The van der Waals surface area contributed by atoms with Crippen LogP contribution in [-0.4, -0.2) is 18.4 Å². The van der Waals surface area contributed by atoms with Crippen LogP contribution in [0.2, 0.25) is 0 Å². The third-order valence-corrected chi connectivity index (χ3v) is 3.97. The summed E-state index contributed by atoms with van der Waals surface area (Å²) in [6.45, 7) is -0.299. The lowest BCUT2D eigenvalue weighted by Crippen LogP contribution is -2.33. The first kappa shape index (κ1) is 16.1. The SMILES string of the molecule is O=C(CNC(=O)c1ccc(F)cc1F)Nc1ccc2c(c1)CCC2. The number of aryl methyl sites for hydroxylation is 2.